The van der Waals surface area contributed by atoms with Crippen LogP contribution >= 0.6 is 22.7 Å². The van der Waals surface area contributed by atoms with Gasteiger partial charge in [-0.05, 0) is 86.3 Å². The van der Waals surface area contributed by atoms with Gasteiger partial charge in [-0.25, -0.2) is 9.97 Å². The smallest absolute Gasteiger partial charge is 0.416 e. The van der Waals surface area contributed by atoms with Crippen molar-refractivity contribution in [2.45, 2.75) is 90.1 Å². The lowest BCUT2D eigenvalue weighted by Gasteiger charge is -2.44. The highest BCUT2D eigenvalue weighted by molar-refractivity contribution is 7.22. The molecule has 2 fully saturated rings. The minimum Gasteiger partial charge on any atom is -0.481 e. The number of rotatable bonds is 10. The van der Waals surface area contributed by atoms with Crippen molar-refractivity contribution in [3.05, 3.63) is 118 Å². The van der Waals surface area contributed by atoms with E-state index in [1.807, 2.05) is 48.5 Å². The first-order valence-corrected chi connectivity index (χ1v) is 22.8. The van der Waals surface area contributed by atoms with Crippen molar-refractivity contribution < 1.29 is 45.8 Å². The quantitative estimate of drug-likeness (QED) is 0.106. The second kappa shape index (κ2) is 19.7. The van der Waals surface area contributed by atoms with Crippen molar-refractivity contribution >= 4 is 65.3 Å². The third-order valence-electron chi connectivity index (χ3n) is 11.6. The third-order valence-corrected chi connectivity index (χ3v) is 13.6. The fraction of sp³-hybridized carbons (Fsp3) is 0.404. The number of carboxylic acid groups (broad SMARTS) is 1. The molecule has 2 aliphatic rings. The minimum absolute atomic E-state index is 0.00207. The monoisotopic (exact) mass is 940 g/mol. The summed E-state index contributed by atoms with van der Waals surface area (Å²) >= 11 is 2.60. The molecule has 4 aromatic carbocycles. The van der Waals surface area contributed by atoms with Crippen LogP contribution in [0.4, 0.5) is 36.6 Å². The molecule has 0 radical (unpaired) electrons. The van der Waals surface area contributed by atoms with Gasteiger partial charge in [-0.3, -0.25) is 19.4 Å². The van der Waals surface area contributed by atoms with Crippen LogP contribution in [0.2, 0.25) is 0 Å². The van der Waals surface area contributed by atoms with Crippen molar-refractivity contribution in [2.75, 3.05) is 43.1 Å². The fourth-order valence-electron chi connectivity index (χ4n) is 8.88. The molecule has 10 nitrogen and oxygen atoms in total. The van der Waals surface area contributed by atoms with Gasteiger partial charge in [0.25, 0.3) is 0 Å². The van der Waals surface area contributed by atoms with Crippen molar-refractivity contribution in [1.82, 2.24) is 19.8 Å². The van der Waals surface area contributed by atoms with E-state index in [1.54, 1.807) is 0 Å². The maximum atomic E-state index is 13.1. The summed E-state index contributed by atoms with van der Waals surface area (Å²) < 4.78 is 84.2. The summed E-state index contributed by atoms with van der Waals surface area (Å²) in [6.45, 7) is 13.0. The Labute approximate surface area is 381 Å². The molecule has 0 amide bonds. The largest absolute Gasteiger partial charge is 0.481 e. The normalized spacial score (nSPS) is 19.9. The van der Waals surface area contributed by atoms with Gasteiger partial charge < -0.3 is 19.6 Å². The van der Waals surface area contributed by atoms with Crippen LogP contribution in [0.3, 0.4) is 0 Å². The Hall–Kier alpha value is -5.30. The number of carboxylic acids is 1. The number of hydrogen-bond acceptors (Lipinski definition) is 11. The summed E-state index contributed by atoms with van der Waals surface area (Å²) in [7, 11) is 1.38. The van der Waals surface area contributed by atoms with E-state index in [0.29, 0.717) is 27.0 Å². The van der Waals surface area contributed by atoms with E-state index < -0.39 is 29.4 Å². The van der Waals surface area contributed by atoms with E-state index >= 15 is 0 Å². The molecule has 0 aliphatic carbocycles. The van der Waals surface area contributed by atoms with Gasteiger partial charge in [0, 0.05) is 63.4 Å². The number of benzene rings is 4. The van der Waals surface area contributed by atoms with E-state index in [4.69, 9.17) is 9.84 Å². The van der Waals surface area contributed by atoms with Crippen molar-refractivity contribution in [3.63, 3.8) is 0 Å². The van der Waals surface area contributed by atoms with Crippen molar-refractivity contribution in [2.24, 2.45) is 0 Å². The van der Waals surface area contributed by atoms with Crippen LogP contribution in [0.5, 0.6) is 0 Å². The van der Waals surface area contributed by atoms with Gasteiger partial charge in [0.15, 0.2) is 10.3 Å². The second-order valence-corrected chi connectivity index (χ2v) is 18.9. The predicted molar refractivity (Wildman–Crippen MR) is 243 cm³/mol. The minimum atomic E-state index is -4.37. The number of nitrogens with zero attached hydrogens (tertiary/aromatic N) is 6. The Morgan fingerprint density at radius 3 is 1.37 bits per heavy atom. The SMILES string of the molecule is COC(=O)Cc1cccc(CN2C[C@@H](C)N(c3nc4ccc(C(F)(F)F)cc4s3)[C@@H](C)C2)c1.C[C@@H]1CN(Cc2cccc(CC(=O)O)c2)C[C@H](C)N1c1nc2ccc(C(F)(F)F)cc2s1. The van der Waals surface area contributed by atoms with Gasteiger partial charge in [-0.2, -0.15) is 26.3 Å². The van der Waals surface area contributed by atoms with Gasteiger partial charge in [-0.15, -0.1) is 0 Å². The van der Waals surface area contributed by atoms with Crippen LogP contribution in [0.25, 0.3) is 20.4 Å². The highest BCUT2D eigenvalue weighted by atomic mass is 32.1. The first kappa shape index (κ1) is 47.7. The molecule has 0 bridgehead atoms. The number of halogens is 6. The number of aliphatic carboxylic acids is 1. The fourth-order valence-corrected chi connectivity index (χ4v) is 11.3. The van der Waals surface area contributed by atoms with Gasteiger partial charge in [0.1, 0.15) is 0 Å². The highest BCUT2D eigenvalue weighted by Crippen LogP contribution is 2.39. The summed E-state index contributed by atoms with van der Waals surface area (Å²) in [5.41, 5.74) is 3.76. The maximum Gasteiger partial charge on any atom is 0.416 e. The molecule has 1 N–H and O–H groups in total. The van der Waals surface area contributed by atoms with Gasteiger partial charge in [0.05, 0.1) is 51.5 Å². The number of carbonyl (C=O) groups excluding carboxylic acids is 1. The molecule has 2 saturated heterocycles. The van der Waals surface area contributed by atoms with E-state index in [9.17, 15) is 35.9 Å². The molecule has 0 spiro atoms. The van der Waals surface area contributed by atoms with Gasteiger partial charge in [-0.1, -0.05) is 71.2 Å². The van der Waals surface area contributed by atoms with Crippen LogP contribution in [0.1, 0.15) is 61.1 Å². The maximum absolute atomic E-state index is 13.1. The van der Waals surface area contributed by atoms with Crippen LogP contribution in [-0.4, -0.2) is 94.3 Å². The summed E-state index contributed by atoms with van der Waals surface area (Å²) in [6.07, 6.45) is -8.48. The number of anilines is 2. The van der Waals surface area contributed by atoms with Crippen LogP contribution in [0, 0.1) is 0 Å². The molecule has 6 aromatic rings. The van der Waals surface area contributed by atoms with Crippen molar-refractivity contribution in [1.29, 1.82) is 0 Å². The van der Waals surface area contributed by atoms with Crippen molar-refractivity contribution in [3.8, 4) is 0 Å². The second-order valence-electron chi connectivity index (χ2n) is 16.9. The Morgan fingerprint density at radius 2 is 1.00 bits per heavy atom. The van der Waals surface area contributed by atoms with E-state index in [2.05, 4.69) is 57.3 Å². The summed E-state index contributed by atoms with van der Waals surface area (Å²) in [5, 5.41) is 10.5. The molecule has 0 saturated carbocycles. The Bertz CT molecular complexity index is 2610. The first-order valence-electron chi connectivity index (χ1n) is 21.1. The molecule has 2 aliphatic heterocycles. The topological polar surface area (TPSA) is 102 Å². The lowest BCUT2D eigenvalue weighted by Crippen LogP contribution is -2.56. The van der Waals surface area contributed by atoms with E-state index in [1.165, 1.54) is 54.0 Å². The average Bonchev–Trinajstić information content (AvgIpc) is 3.83. The van der Waals surface area contributed by atoms with Crippen LogP contribution in [-0.2, 0) is 52.6 Å². The zero-order valence-electron chi connectivity index (χ0n) is 36.5. The first-order chi connectivity index (χ1) is 30.7. The summed E-state index contributed by atoms with van der Waals surface area (Å²) in [5.74, 6) is -1.11. The van der Waals surface area contributed by atoms with Gasteiger partial charge in [0.2, 0.25) is 0 Å². The Balaban J connectivity index is 0.000000194. The predicted octanol–water partition coefficient (Wildman–Crippen LogP) is 10.2. The number of esters is 1. The Morgan fingerprint density at radius 1 is 0.615 bits per heavy atom. The van der Waals surface area contributed by atoms with Crippen LogP contribution in [0.15, 0.2) is 84.9 Å². The molecule has 0 unspecified atom stereocenters. The van der Waals surface area contributed by atoms with E-state index in [-0.39, 0.29) is 43.0 Å². The highest BCUT2D eigenvalue weighted by Gasteiger charge is 2.35. The molecule has 8 rings (SSSR count). The average molecular weight is 941 g/mol. The molecule has 65 heavy (non-hydrogen) atoms. The number of methoxy groups -OCH3 is 1. The summed E-state index contributed by atoms with van der Waals surface area (Å²) in [6, 6.07) is 23.5. The number of ether oxygens (including phenoxy) is 1. The molecular formula is C47H50F6N6O4S2. The molecule has 18 heteroatoms. The zero-order valence-corrected chi connectivity index (χ0v) is 38.1. The molecule has 4 atom stereocenters. The molecule has 4 heterocycles. The molecular weight excluding hydrogens is 891 g/mol. The van der Waals surface area contributed by atoms with Gasteiger partial charge >= 0.3 is 24.3 Å². The third kappa shape index (κ3) is 11.8. The summed E-state index contributed by atoms with van der Waals surface area (Å²) in [4.78, 5) is 40.9. The lowest BCUT2D eigenvalue weighted by molar-refractivity contribution is -0.140. The zero-order chi connectivity index (χ0) is 46.8. The number of piperazine rings is 2. The number of alkyl halides is 6. The van der Waals surface area contributed by atoms with Crippen LogP contribution < -0.4 is 9.80 Å². The number of carbonyl (C=O) groups is 2. The number of aromatic nitrogens is 2. The number of hydrogen-bond donors (Lipinski definition) is 1. The Kier molecular flexibility index (Phi) is 14.4. The number of fused-ring (bicyclic) bond motifs is 2. The molecule has 346 valence electrons. The molecule has 2 aromatic heterocycles. The van der Waals surface area contributed by atoms with E-state index in [0.717, 1.165) is 77.4 Å². The standard InChI is InChI=1S/C24H26F3N3O2S.C23H24F3N3O2S/c1-15-12-29(14-18-6-4-5-17(9-18)10-22(31)32-3)13-16(2)30(15)23-28-20-8-7-19(24(25,26)27)11-21(20)33-23;1-14-11-28(13-17-5-3-4-16(8-17)9-21(30)31)12-15(2)29(14)22-27-19-7-6-18(23(24,25)26)10-20(19)32-22/h4-9,11,15-16H,10,12-14H2,1-3H3;3-8,10,14-15H,9,11-13H2,1-2H3,(H,30,31)/t15-,16+;14-,15+. The number of thiazole rings is 2. The lowest BCUT2D eigenvalue weighted by atomic mass is 10.1.